The number of aliphatic hydroxyl groups excluding tert-OH is 1. The van der Waals surface area contributed by atoms with Crippen molar-refractivity contribution in [1.82, 2.24) is 4.31 Å². The van der Waals surface area contributed by atoms with Crippen LogP contribution in [0.3, 0.4) is 0 Å². The summed E-state index contributed by atoms with van der Waals surface area (Å²) in [5, 5.41) is 8.64. The van der Waals surface area contributed by atoms with E-state index in [2.05, 4.69) is 0 Å². The first-order chi connectivity index (χ1) is 6.99. The van der Waals surface area contributed by atoms with E-state index in [1.807, 2.05) is 0 Å². The fourth-order valence-electron chi connectivity index (χ4n) is 1.75. The Bertz CT molecular complexity index is 328. The van der Waals surface area contributed by atoms with Crippen molar-refractivity contribution >= 4 is 15.9 Å². The summed E-state index contributed by atoms with van der Waals surface area (Å²) < 4.78 is 24.4. The molecule has 88 valence electrons. The Morgan fingerprint density at radius 3 is 2.67 bits per heavy atom. The first-order valence-corrected chi connectivity index (χ1v) is 6.49. The van der Waals surface area contributed by atoms with E-state index in [4.69, 9.17) is 10.8 Å². The van der Waals surface area contributed by atoms with Gasteiger partial charge in [-0.2, -0.15) is 4.31 Å². The Morgan fingerprint density at radius 1 is 1.47 bits per heavy atom. The van der Waals surface area contributed by atoms with E-state index in [1.165, 1.54) is 0 Å². The molecule has 1 atom stereocenters. The van der Waals surface area contributed by atoms with E-state index in [9.17, 15) is 13.2 Å². The van der Waals surface area contributed by atoms with E-state index in [1.54, 1.807) is 0 Å². The van der Waals surface area contributed by atoms with Gasteiger partial charge in [0.1, 0.15) is 6.04 Å². The SMILES string of the molecule is NC(=O)C1CCCCN1S(=O)(=O)CCO. The van der Waals surface area contributed by atoms with Gasteiger partial charge in [0.25, 0.3) is 0 Å². The van der Waals surface area contributed by atoms with Gasteiger partial charge in [-0.25, -0.2) is 8.42 Å². The lowest BCUT2D eigenvalue weighted by Crippen LogP contribution is -2.51. The Balaban J connectivity index is 2.85. The largest absolute Gasteiger partial charge is 0.395 e. The molecule has 1 heterocycles. The van der Waals surface area contributed by atoms with Crippen LogP contribution in [0.1, 0.15) is 19.3 Å². The van der Waals surface area contributed by atoms with E-state index in [0.717, 1.165) is 17.1 Å². The van der Waals surface area contributed by atoms with Crippen molar-refractivity contribution in [3.8, 4) is 0 Å². The van der Waals surface area contributed by atoms with Gasteiger partial charge < -0.3 is 10.8 Å². The van der Waals surface area contributed by atoms with Crippen LogP contribution in [-0.2, 0) is 14.8 Å². The highest BCUT2D eigenvalue weighted by Crippen LogP contribution is 2.20. The lowest BCUT2D eigenvalue weighted by molar-refractivity contribution is -0.122. The van der Waals surface area contributed by atoms with Gasteiger partial charge in [-0.05, 0) is 12.8 Å². The molecule has 0 aromatic rings. The number of amides is 1. The molecule has 1 aliphatic rings. The summed E-state index contributed by atoms with van der Waals surface area (Å²) in [4.78, 5) is 11.1. The van der Waals surface area contributed by atoms with Crippen LogP contribution in [0.25, 0.3) is 0 Å². The van der Waals surface area contributed by atoms with Crippen molar-refractivity contribution in [2.24, 2.45) is 5.73 Å². The Labute approximate surface area is 89.1 Å². The summed E-state index contributed by atoms with van der Waals surface area (Å²) in [6.07, 6.45) is 2.01. The summed E-state index contributed by atoms with van der Waals surface area (Å²) in [5.74, 6) is -0.965. The van der Waals surface area contributed by atoms with Gasteiger partial charge in [0.05, 0.1) is 12.4 Å². The number of carbonyl (C=O) groups is 1. The second-order valence-electron chi connectivity index (χ2n) is 3.56. The van der Waals surface area contributed by atoms with Gasteiger partial charge >= 0.3 is 0 Å². The Morgan fingerprint density at radius 2 is 2.13 bits per heavy atom. The van der Waals surface area contributed by atoms with Crippen LogP contribution >= 0.6 is 0 Å². The molecule has 3 N–H and O–H groups in total. The number of hydrogen-bond donors (Lipinski definition) is 2. The summed E-state index contributed by atoms with van der Waals surface area (Å²) >= 11 is 0. The normalized spacial score (nSPS) is 23.9. The second-order valence-corrected chi connectivity index (χ2v) is 5.61. The highest BCUT2D eigenvalue weighted by molar-refractivity contribution is 7.89. The zero-order valence-electron chi connectivity index (χ0n) is 8.42. The van der Waals surface area contributed by atoms with Gasteiger partial charge in [-0.15, -0.1) is 0 Å². The molecule has 0 aromatic heterocycles. The minimum absolute atomic E-state index is 0.315. The van der Waals surface area contributed by atoms with Gasteiger partial charge in [0.2, 0.25) is 15.9 Å². The molecule has 0 bridgehead atoms. The summed E-state index contributed by atoms with van der Waals surface area (Å²) in [5.41, 5.74) is 5.14. The predicted molar refractivity (Wildman–Crippen MR) is 54.4 cm³/mol. The van der Waals surface area contributed by atoms with Crippen molar-refractivity contribution in [3.63, 3.8) is 0 Å². The number of nitrogens with two attached hydrogens (primary N) is 1. The molecule has 0 spiro atoms. The number of carbonyl (C=O) groups excluding carboxylic acids is 1. The van der Waals surface area contributed by atoms with Crippen molar-refractivity contribution in [1.29, 1.82) is 0 Å². The lowest BCUT2D eigenvalue weighted by atomic mass is 10.0. The Kier molecular flexibility index (Phi) is 4.06. The third-order valence-corrected chi connectivity index (χ3v) is 4.34. The molecule has 1 aliphatic heterocycles. The van der Waals surface area contributed by atoms with Gasteiger partial charge in [0, 0.05) is 6.54 Å². The van der Waals surface area contributed by atoms with Crippen LogP contribution in [0.15, 0.2) is 0 Å². The van der Waals surface area contributed by atoms with Gasteiger partial charge in [0.15, 0.2) is 0 Å². The Hall–Kier alpha value is -0.660. The monoisotopic (exact) mass is 236 g/mol. The van der Waals surface area contributed by atoms with Crippen LogP contribution in [-0.4, -0.2) is 48.7 Å². The minimum Gasteiger partial charge on any atom is -0.395 e. The highest BCUT2D eigenvalue weighted by Gasteiger charge is 2.34. The number of primary amides is 1. The number of aliphatic hydroxyl groups is 1. The number of nitrogens with zero attached hydrogens (tertiary/aromatic N) is 1. The molecule has 1 saturated heterocycles. The number of piperidine rings is 1. The maximum Gasteiger partial charge on any atom is 0.235 e. The van der Waals surface area contributed by atoms with E-state index >= 15 is 0 Å². The molecule has 1 rings (SSSR count). The van der Waals surface area contributed by atoms with Crippen molar-refractivity contribution in [3.05, 3.63) is 0 Å². The number of sulfonamides is 1. The average molecular weight is 236 g/mol. The molecule has 0 aliphatic carbocycles. The summed E-state index contributed by atoms with van der Waals surface area (Å²) in [6.45, 7) is -0.125. The predicted octanol–water partition coefficient (Wildman–Crippen LogP) is -1.35. The van der Waals surface area contributed by atoms with Crippen LogP contribution < -0.4 is 5.73 Å². The maximum atomic E-state index is 11.7. The lowest BCUT2D eigenvalue weighted by Gasteiger charge is -2.32. The molecular formula is C8H16N2O4S. The molecule has 15 heavy (non-hydrogen) atoms. The topological polar surface area (TPSA) is 101 Å². The van der Waals surface area contributed by atoms with Gasteiger partial charge in [-0.1, -0.05) is 6.42 Å². The number of rotatable bonds is 4. The number of hydrogen-bond acceptors (Lipinski definition) is 4. The zero-order chi connectivity index (χ0) is 11.5. The third kappa shape index (κ3) is 2.90. The first-order valence-electron chi connectivity index (χ1n) is 4.88. The highest BCUT2D eigenvalue weighted by atomic mass is 32.2. The molecule has 1 fully saturated rings. The zero-order valence-corrected chi connectivity index (χ0v) is 9.24. The molecule has 0 saturated carbocycles. The van der Waals surface area contributed by atoms with Crippen molar-refractivity contribution in [2.45, 2.75) is 25.3 Å². The first kappa shape index (κ1) is 12.4. The molecule has 1 unspecified atom stereocenters. The molecule has 0 radical (unpaired) electrons. The average Bonchev–Trinajstić information content (AvgIpc) is 2.17. The van der Waals surface area contributed by atoms with E-state index in [-0.39, 0.29) is 5.75 Å². The van der Waals surface area contributed by atoms with E-state index in [0.29, 0.717) is 13.0 Å². The second kappa shape index (κ2) is 4.91. The smallest absolute Gasteiger partial charge is 0.235 e. The van der Waals surface area contributed by atoms with Crippen molar-refractivity contribution < 1.29 is 18.3 Å². The quantitative estimate of drug-likeness (QED) is 0.630. The summed E-state index contributed by atoms with van der Waals surface area (Å²) in [6, 6.07) is -0.740. The fourth-order valence-corrected chi connectivity index (χ4v) is 3.22. The maximum absolute atomic E-state index is 11.7. The van der Waals surface area contributed by atoms with Crippen LogP contribution in [0.5, 0.6) is 0 Å². The van der Waals surface area contributed by atoms with Crippen LogP contribution in [0, 0.1) is 0 Å². The van der Waals surface area contributed by atoms with E-state index < -0.39 is 28.6 Å². The standard InChI is InChI=1S/C8H16N2O4S/c9-8(12)7-3-1-2-4-10(7)15(13,14)6-5-11/h7,11H,1-6H2,(H2,9,12). The van der Waals surface area contributed by atoms with Crippen LogP contribution in [0.4, 0.5) is 0 Å². The fraction of sp³-hybridized carbons (Fsp3) is 0.875. The minimum atomic E-state index is -3.55. The van der Waals surface area contributed by atoms with Crippen molar-refractivity contribution in [2.75, 3.05) is 18.9 Å². The van der Waals surface area contributed by atoms with Crippen LogP contribution in [0.2, 0.25) is 0 Å². The molecular weight excluding hydrogens is 220 g/mol. The molecule has 7 heteroatoms. The molecule has 1 amide bonds. The van der Waals surface area contributed by atoms with Gasteiger partial charge in [-0.3, -0.25) is 4.79 Å². The molecule has 6 nitrogen and oxygen atoms in total. The summed E-state index contributed by atoms with van der Waals surface area (Å²) in [7, 11) is -3.55. The molecule has 0 aromatic carbocycles. The third-order valence-electron chi connectivity index (χ3n) is 2.49.